The van der Waals surface area contributed by atoms with E-state index in [1.54, 1.807) is 12.1 Å². The highest BCUT2D eigenvalue weighted by molar-refractivity contribution is 6.29. The van der Waals surface area contributed by atoms with Gasteiger partial charge in [0.2, 0.25) is 0 Å². The lowest BCUT2D eigenvalue weighted by atomic mass is 10.4. The highest BCUT2D eigenvalue weighted by Gasteiger charge is 2.09. The van der Waals surface area contributed by atoms with Crippen molar-refractivity contribution in [3.05, 3.63) is 45.5 Å². The maximum absolute atomic E-state index is 10.4. The fraction of sp³-hybridized carbons (Fsp3) is 0.125. The van der Waals surface area contributed by atoms with E-state index in [0.29, 0.717) is 17.4 Å². The number of nitrogens with zero attached hydrogens (tertiary/aromatic N) is 5. The lowest BCUT2D eigenvalue weighted by Crippen LogP contribution is -2.02. The molecule has 0 aromatic carbocycles. The lowest BCUT2D eigenvalue weighted by molar-refractivity contribution is -0.385. The fourth-order valence-corrected chi connectivity index (χ4v) is 1.23. The average Bonchev–Trinajstić information content (AvgIpc) is 2.70. The van der Waals surface area contributed by atoms with Gasteiger partial charge in [-0.1, -0.05) is 11.6 Å². The first-order chi connectivity index (χ1) is 7.65. The molecule has 2 aromatic rings. The maximum Gasteiger partial charge on any atom is 0.307 e. The molecule has 0 unspecified atom stereocenters. The van der Waals surface area contributed by atoms with Gasteiger partial charge >= 0.3 is 5.69 Å². The second kappa shape index (κ2) is 4.23. The van der Waals surface area contributed by atoms with Crippen LogP contribution in [0, 0.1) is 10.1 Å². The van der Waals surface area contributed by atoms with Crippen LogP contribution in [0.1, 0.15) is 5.69 Å². The Bertz CT molecular complexity index is 509. The summed E-state index contributed by atoms with van der Waals surface area (Å²) in [6.45, 7) is 0.317. The number of nitro groups is 1. The minimum Gasteiger partial charge on any atom is -0.259 e. The summed E-state index contributed by atoms with van der Waals surface area (Å²) in [4.78, 5) is 9.92. The van der Waals surface area contributed by atoms with Gasteiger partial charge in [0.05, 0.1) is 17.2 Å². The van der Waals surface area contributed by atoms with E-state index in [4.69, 9.17) is 11.6 Å². The molecule has 0 saturated carbocycles. The Kier molecular flexibility index (Phi) is 2.78. The molecule has 0 bridgehead atoms. The summed E-state index contributed by atoms with van der Waals surface area (Å²) in [5, 5.41) is 22.0. The highest BCUT2D eigenvalue weighted by atomic mass is 35.5. The van der Waals surface area contributed by atoms with E-state index in [-0.39, 0.29) is 5.69 Å². The molecule has 0 amide bonds. The molecule has 2 heterocycles. The van der Waals surface area contributed by atoms with Crippen LogP contribution in [-0.2, 0) is 6.54 Å². The van der Waals surface area contributed by atoms with Crippen LogP contribution in [0.25, 0.3) is 0 Å². The van der Waals surface area contributed by atoms with Crippen LogP contribution < -0.4 is 0 Å². The van der Waals surface area contributed by atoms with Gasteiger partial charge in [0.15, 0.2) is 5.15 Å². The minimum absolute atomic E-state index is 0.0538. The maximum atomic E-state index is 10.4. The molecule has 0 spiro atoms. The molecule has 2 rings (SSSR count). The third kappa shape index (κ3) is 2.31. The molecule has 0 N–H and O–H groups in total. The second-order valence-corrected chi connectivity index (χ2v) is 3.39. The van der Waals surface area contributed by atoms with Gasteiger partial charge in [-0.05, 0) is 12.1 Å². The number of halogens is 1. The Morgan fingerprint density at radius 3 is 2.81 bits per heavy atom. The van der Waals surface area contributed by atoms with Gasteiger partial charge in [0.1, 0.15) is 12.4 Å². The smallest absolute Gasteiger partial charge is 0.259 e. The van der Waals surface area contributed by atoms with E-state index >= 15 is 0 Å². The van der Waals surface area contributed by atoms with E-state index in [0.717, 1.165) is 0 Å². The molecule has 7 nitrogen and oxygen atoms in total. The van der Waals surface area contributed by atoms with E-state index in [2.05, 4.69) is 15.3 Å². The van der Waals surface area contributed by atoms with Crippen molar-refractivity contribution in [2.45, 2.75) is 6.54 Å². The van der Waals surface area contributed by atoms with Gasteiger partial charge in [-0.25, -0.2) is 0 Å². The van der Waals surface area contributed by atoms with Gasteiger partial charge in [-0.15, -0.1) is 5.10 Å². The molecular weight excluding hydrogens is 234 g/mol. The molecule has 2 aromatic heterocycles. The van der Waals surface area contributed by atoms with Crippen LogP contribution in [0.2, 0.25) is 5.15 Å². The molecule has 0 fully saturated rings. The van der Waals surface area contributed by atoms with Crippen molar-refractivity contribution in [2.24, 2.45) is 0 Å². The molecule has 0 aliphatic rings. The van der Waals surface area contributed by atoms with Gasteiger partial charge in [0.25, 0.3) is 0 Å². The Balaban J connectivity index is 2.14. The zero-order valence-corrected chi connectivity index (χ0v) is 8.70. The average molecular weight is 240 g/mol. The standard InChI is InChI=1S/C8H6ClN5O2/c9-8-2-1-6(11-12-8)4-13-5-7(3-10-13)14(15)16/h1-3,5H,4H2. The van der Waals surface area contributed by atoms with Crippen molar-refractivity contribution >= 4 is 17.3 Å². The summed E-state index contributed by atoms with van der Waals surface area (Å²) >= 11 is 5.57. The third-order valence-electron chi connectivity index (χ3n) is 1.84. The zero-order valence-electron chi connectivity index (χ0n) is 7.95. The molecule has 8 heteroatoms. The normalized spacial score (nSPS) is 10.3. The molecule has 0 saturated heterocycles. The first-order valence-electron chi connectivity index (χ1n) is 4.30. The molecular formula is C8H6ClN5O2. The van der Waals surface area contributed by atoms with Crippen LogP contribution in [0.4, 0.5) is 5.69 Å². The van der Waals surface area contributed by atoms with Gasteiger partial charge in [-0.3, -0.25) is 14.8 Å². The van der Waals surface area contributed by atoms with Crippen LogP contribution in [0.15, 0.2) is 24.5 Å². The van der Waals surface area contributed by atoms with Crippen molar-refractivity contribution in [1.82, 2.24) is 20.0 Å². The Labute approximate surface area is 94.8 Å². The molecule has 82 valence electrons. The SMILES string of the molecule is O=[N+]([O-])c1cnn(Cc2ccc(Cl)nn2)c1. The third-order valence-corrected chi connectivity index (χ3v) is 2.04. The van der Waals surface area contributed by atoms with Crippen molar-refractivity contribution in [3.8, 4) is 0 Å². The predicted octanol–water partition coefficient (Wildman–Crippen LogP) is 1.28. The van der Waals surface area contributed by atoms with E-state index in [1.165, 1.54) is 17.1 Å². The number of aromatic nitrogens is 4. The minimum atomic E-state index is -0.503. The monoisotopic (exact) mass is 239 g/mol. The van der Waals surface area contributed by atoms with E-state index < -0.39 is 4.92 Å². The van der Waals surface area contributed by atoms with Crippen molar-refractivity contribution in [1.29, 1.82) is 0 Å². The largest absolute Gasteiger partial charge is 0.307 e. The van der Waals surface area contributed by atoms with E-state index in [9.17, 15) is 10.1 Å². The molecule has 0 radical (unpaired) electrons. The topological polar surface area (TPSA) is 86.7 Å². The van der Waals surface area contributed by atoms with E-state index in [1.807, 2.05) is 0 Å². The molecule has 0 aliphatic heterocycles. The Hall–Kier alpha value is -2.02. The van der Waals surface area contributed by atoms with Crippen LogP contribution in [-0.4, -0.2) is 24.9 Å². The van der Waals surface area contributed by atoms with Gasteiger partial charge in [-0.2, -0.15) is 10.2 Å². The second-order valence-electron chi connectivity index (χ2n) is 3.00. The number of rotatable bonds is 3. The molecule has 0 atom stereocenters. The van der Waals surface area contributed by atoms with Crippen molar-refractivity contribution in [2.75, 3.05) is 0 Å². The first-order valence-corrected chi connectivity index (χ1v) is 4.68. The van der Waals surface area contributed by atoms with Crippen LogP contribution in [0.3, 0.4) is 0 Å². The fourth-order valence-electron chi connectivity index (χ4n) is 1.13. The lowest BCUT2D eigenvalue weighted by Gasteiger charge is -1.98. The van der Waals surface area contributed by atoms with Crippen LogP contribution in [0.5, 0.6) is 0 Å². The summed E-state index contributed by atoms with van der Waals surface area (Å²) < 4.78 is 1.41. The Morgan fingerprint density at radius 2 is 2.25 bits per heavy atom. The number of hydrogen-bond donors (Lipinski definition) is 0. The summed E-state index contributed by atoms with van der Waals surface area (Å²) in [7, 11) is 0. The predicted molar refractivity (Wildman–Crippen MR) is 55.0 cm³/mol. The molecule has 0 aliphatic carbocycles. The summed E-state index contributed by atoms with van der Waals surface area (Å²) in [6.07, 6.45) is 2.51. The number of hydrogen-bond acceptors (Lipinski definition) is 5. The Morgan fingerprint density at radius 1 is 1.44 bits per heavy atom. The highest BCUT2D eigenvalue weighted by Crippen LogP contribution is 2.09. The van der Waals surface area contributed by atoms with Crippen molar-refractivity contribution < 1.29 is 4.92 Å². The quantitative estimate of drug-likeness (QED) is 0.595. The first kappa shape index (κ1) is 10.5. The summed E-state index contributed by atoms with van der Waals surface area (Å²) in [6, 6.07) is 3.28. The van der Waals surface area contributed by atoms with Gasteiger partial charge < -0.3 is 0 Å². The summed E-state index contributed by atoms with van der Waals surface area (Å²) in [5.74, 6) is 0. The summed E-state index contributed by atoms with van der Waals surface area (Å²) in [5.41, 5.74) is 0.573. The van der Waals surface area contributed by atoms with Crippen molar-refractivity contribution in [3.63, 3.8) is 0 Å². The molecule has 16 heavy (non-hydrogen) atoms. The van der Waals surface area contributed by atoms with Crippen LogP contribution >= 0.6 is 11.6 Å². The zero-order chi connectivity index (χ0) is 11.5. The van der Waals surface area contributed by atoms with Gasteiger partial charge in [0, 0.05) is 0 Å².